The average Bonchev–Trinajstić information content (AvgIpc) is 3.16. The van der Waals surface area contributed by atoms with Gasteiger partial charge in [-0.1, -0.05) is 109 Å². The summed E-state index contributed by atoms with van der Waals surface area (Å²) in [5, 5.41) is 20.5. The maximum absolute atomic E-state index is 2.41. The molecule has 0 heterocycles. The van der Waals surface area contributed by atoms with Gasteiger partial charge in [0.1, 0.15) is 0 Å². The minimum absolute atomic E-state index is 0. The van der Waals surface area contributed by atoms with E-state index in [1.807, 2.05) is 0 Å². The van der Waals surface area contributed by atoms with E-state index < -0.39 is 0 Å². The van der Waals surface area contributed by atoms with Crippen molar-refractivity contribution in [2.24, 2.45) is 0 Å². The van der Waals surface area contributed by atoms with Gasteiger partial charge >= 0.3 is 0 Å². The normalized spacial score (nSPS) is 11.8. The van der Waals surface area contributed by atoms with E-state index in [4.69, 9.17) is 0 Å². The zero-order chi connectivity index (χ0) is 32.8. The van der Waals surface area contributed by atoms with Crippen molar-refractivity contribution in [3.63, 3.8) is 0 Å². The number of rotatable bonds is 2. The molecule has 0 saturated carbocycles. The summed E-state index contributed by atoms with van der Waals surface area (Å²) in [7, 11) is 0. The first-order valence-corrected chi connectivity index (χ1v) is 17.4. The second kappa shape index (κ2) is 11.6. The van der Waals surface area contributed by atoms with Gasteiger partial charge in [0.05, 0.1) is 0 Å². The molecule has 11 aromatic rings. The number of benzene rings is 11. The molecule has 1 heteroatoms. The molecular weight excluding hydrogens is 670 g/mol. The van der Waals surface area contributed by atoms with Crippen LogP contribution in [-0.4, -0.2) is 19.8 Å². The fourth-order valence-electron chi connectivity index (χ4n) is 8.35. The largest absolute Gasteiger partial charge is 0.0622 e. The quantitative estimate of drug-likeness (QED) is 0.0957. The van der Waals surface area contributed by atoms with Gasteiger partial charge in [-0.2, -0.15) is 0 Å². The molecule has 0 saturated heterocycles. The number of hydrogen-bond acceptors (Lipinski definition) is 0. The third-order valence-electron chi connectivity index (χ3n) is 10.8. The molecule has 0 aromatic heterocycles. The van der Waals surface area contributed by atoms with Crippen LogP contribution in [-0.2, 0) is 0 Å². The Morgan fingerprint density at radius 2 is 0.549 bits per heavy atom. The van der Waals surface area contributed by atoms with E-state index in [0.29, 0.717) is 0 Å². The van der Waals surface area contributed by atoms with E-state index in [1.165, 1.54) is 108 Å². The molecule has 0 fully saturated rings. The van der Waals surface area contributed by atoms with E-state index in [1.54, 1.807) is 0 Å². The SMILES string of the molecule is [Ga].c1ccc(-c2ccccc2-c2cccc3cc4cc5cc6ccc7cc8cc9cc%10ccccc%10cc9cc8cc7c6cc5cc4cc23)cc1. The van der Waals surface area contributed by atoms with E-state index in [0.717, 1.165) is 0 Å². The first kappa shape index (κ1) is 30.0. The van der Waals surface area contributed by atoms with Gasteiger partial charge in [0.2, 0.25) is 0 Å². The monoisotopic (exact) mass is 699 g/mol. The molecule has 0 N–H and O–H groups in total. The third-order valence-corrected chi connectivity index (χ3v) is 10.8. The van der Waals surface area contributed by atoms with E-state index in [9.17, 15) is 0 Å². The molecule has 0 bridgehead atoms. The van der Waals surface area contributed by atoms with Gasteiger partial charge in [-0.15, -0.1) is 0 Å². The fourth-order valence-corrected chi connectivity index (χ4v) is 8.35. The Labute approximate surface area is 308 Å². The second-order valence-corrected chi connectivity index (χ2v) is 13.8. The van der Waals surface area contributed by atoms with Crippen molar-refractivity contribution in [1.82, 2.24) is 0 Å². The molecule has 11 rings (SSSR count). The molecule has 3 radical (unpaired) electrons. The summed E-state index contributed by atoms with van der Waals surface area (Å²) in [6.07, 6.45) is 0. The zero-order valence-corrected chi connectivity index (χ0v) is 30.3. The van der Waals surface area contributed by atoms with Crippen LogP contribution in [0.15, 0.2) is 182 Å². The minimum Gasteiger partial charge on any atom is -0.0622 e. The molecule has 0 nitrogen and oxygen atoms in total. The van der Waals surface area contributed by atoms with Crippen LogP contribution in [0, 0.1) is 0 Å². The zero-order valence-electron chi connectivity index (χ0n) is 27.9. The summed E-state index contributed by atoms with van der Waals surface area (Å²) < 4.78 is 0. The van der Waals surface area contributed by atoms with Crippen molar-refractivity contribution in [1.29, 1.82) is 0 Å². The van der Waals surface area contributed by atoms with Crippen molar-refractivity contribution in [2.75, 3.05) is 0 Å². The molecule has 0 unspecified atom stereocenters. The van der Waals surface area contributed by atoms with E-state index in [-0.39, 0.29) is 19.8 Å². The van der Waals surface area contributed by atoms with Crippen LogP contribution in [0.3, 0.4) is 0 Å². The van der Waals surface area contributed by atoms with Gasteiger partial charge in [0.15, 0.2) is 0 Å². The van der Waals surface area contributed by atoms with Crippen LogP contribution in [0.25, 0.3) is 108 Å². The smallest absolute Gasteiger partial charge is 0 e. The maximum Gasteiger partial charge on any atom is 0 e. The van der Waals surface area contributed by atoms with Gasteiger partial charge in [0.25, 0.3) is 0 Å². The Balaban J connectivity index is 0.00000327. The minimum atomic E-state index is 0. The van der Waals surface area contributed by atoms with Crippen molar-refractivity contribution >= 4 is 106 Å². The summed E-state index contributed by atoms with van der Waals surface area (Å²) in [6, 6.07) is 67.9. The average molecular weight is 701 g/mol. The van der Waals surface area contributed by atoms with Crippen LogP contribution in [0.4, 0.5) is 0 Å². The van der Waals surface area contributed by atoms with Gasteiger partial charge < -0.3 is 0 Å². The van der Waals surface area contributed by atoms with Gasteiger partial charge in [-0.25, -0.2) is 0 Å². The molecule has 233 valence electrons. The molecule has 11 aromatic carbocycles. The topological polar surface area (TPSA) is 0 Å². The summed E-state index contributed by atoms with van der Waals surface area (Å²) >= 11 is 0. The first-order valence-electron chi connectivity index (χ1n) is 17.4. The Morgan fingerprint density at radius 1 is 0.196 bits per heavy atom. The fraction of sp³-hybridized carbons (Fsp3) is 0. The Bertz CT molecular complexity index is 3190. The van der Waals surface area contributed by atoms with E-state index in [2.05, 4.69) is 182 Å². The van der Waals surface area contributed by atoms with Crippen molar-refractivity contribution in [3.05, 3.63) is 182 Å². The van der Waals surface area contributed by atoms with Crippen LogP contribution in [0.1, 0.15) is 0 Å². The first-order chi connectivity index (χ1) is 24.7. The van der Waals surface area contributed by atoms with Crippen molar-refractivity contribution < 1.29 is 0 Å². The molecule has 0 spiro atoms. The molecule has 51 heavy (non-hydrogen) atoms. The molecule has 0 aliphatic carbocycles. The molecular formula is C50H30Ga. The van der Waals surface area contributed by atoms with Crippen LogP contribution >= 0.6 is 0 Å². The molecule has 0 amide bonds. The third kappa shape index (κ3) is 4.85. The van der Waals surface area contributed by atoms with Crippen LogP contribution in [0.5, 0.6) is 0 Å². The van der Waals surface area contributed by atoms with Gasteiger partial charge in [-0.05, 0) is 181 Å². The predicted octanol–water partition coefficient (Wildman–Crippen LogP) is 13.9. The number of fused-ring (bicyclic) bond motifs is 9. The van der Waals surface area contributed by atoms with E-state index >= 15 is 0 Å². The van der Waals surface area contributed by atoms with Gasteiger partial charge in [-0.3, -0.25) is 0 Å². The molecule has 0 aliphatic rings. The van der Waals surface area contributed by atoms with Crippen molar-refractivity contribution in [3.8, 4) is 22.3 Å². The summed E-state index contributed by atoms with van der Waals surface area (Å²) in [6.45, 7) is 0. The summed E-state index contributed by atoms with van der Waals surface area (Å²) in [4.78, 5) is 0. The van der Waals surface area contributed by atoms with Crippen LogP contribution in [0.2, 0.25) is 0 Å². The van der Waals surface area contributed by atoms with Crippen LogP contribution < -0.4 is 0 Å². The predicted molar refractivity (Wildman–Crippen MR) is 223 cm³/mol. The summed E-state index contributed by atoms with van der Waals surface area (Å²) in [5.41, 5.74) is 5.02. The molecule has 0 aliphatic heterocycles. The standard InChI is InChI=1S/C50H30.Ga/c1-2-9-31(10-3-1)45-14-6-7-15-46(45)47-16-8-13-34-21-39-25-41-23-36-18-17-35-22-40-24-37-19-32-11-4-5-12-33(32)20-38(37)26-42(40)29-49(35)50(36)30-44(41)27-43(39)28-48(34)47;/h1-30H;. The summed E-state index contributed by atoms with van der Waals surface area (Å²) in [5.74, 6) is 0. The Kier molecular flexibility index (Phi) is 6.82. The Morgan fingerprint density at radius 3 is 1.10 bits per heavy atom. The Hall–Kier alpha value is -5.86. The second-order valence-electron chi connectivity index (χ2n) is 13.8. The number of hydrogen-bond donors (Lipinski definition) is 0. The maximum atomic E-state index is 2.41. The molecule has 0 atom stereocenters. The van der Waals surface area contributed by atoms with Crippen molar-refractivity contribution in [2.45, 2.75) is 0 Å². The van der Waals surface area contributed by atoms with Gasteiger partial charge in [0, 0.05) is 19.8 Å².